The summed E-state index contributed by atoms with van der Waals surface area (Å²) >= 11 is 0. The minimum atomic E-state index is -0.828. The van der Waals surface area contributed by atoms with Gasteiger partial charge in [-0.1, -0.05) is 30.3 Å². The molecule has 1 rings (SSSR count). The first-order chi connectivity index (χ1) is 9.49. The first-order valence-electron chi connectivity index (χ1n) is 6.38. The summed E-state index contributed by atoms with van der Waals surface area (Å²) in [6.07, 6.45) is 0. The zero-order valence-electron chi connectivity index (χ0n) is 11.6. The van der Waals surface area contributed by atoms with Crippen molar-refractivity contribution in [3.8, 4) is 0 Å². The monoisotopic (exact) mass is 276 g/mol. The van der Waals surface area contributed by atoms with E-state index in [2.05, 4.69) is 10.5 Å². The van der Waals surface area contributed by atoms with Gasteiger partial charge in [-0.25, -0.2) is 4.79 Å². The van der Waals surface area contributed by atoms with Crippen LogP contribution in [0.3, 0.4) is 0 Å². The van der Waals surface area contributed by atoms with Crippen LogP contribution in [-0.2, 0) is 16.1 Å². The van der Waals surface area contributed by atoms with Gasteiger partial charge in [0.1, 0.15) is 12.6 Å². The number of rotatable bonds is 7. The van der Waals surface area contributed by atoms with Crippen LogP contribution in [0.5, 0.6) is 0 Å². The highest BCUT2D eigenvalue weighted by Crippen LogP contribution is 2.02. The van der Waals surface area contributed by atoms with Gasteiger partial charge in [0, 0.05) is 6.54 Å². The molecule has 0 aliphatic rings. The van der Waals surface area contributed by atoms with Crippen LogP contribution in [0.4, 0.5) is 4.79 Å². The molecule has 0 unspecified atom stereocenters. The van der Waals surface area contributed by atoms with Crippen LogP contribution in [0.1, 0.15) is 5.56 Å². The Kier molecular flexibility index (Phi) is 6.83. The second kappa shape index (κ2) is 8.39. The molecule has 8 heteroatoms. The van der Waals surface area contributed by atoms with E-state index in [0.29, 0.717) is 0 Å². The number of hydrogen-bond acceptors (Lipinski definition) is 5. The smallest absolute Gasteiger partial charge is 0.373 e. The third kappa shape index (κ3) is 6.40. The van der Waals surface area contributed by atoms with E-state index in [1.54, 1.807) is 0 Å². The average molecular weight is 276 g/mol. The minimum absolute atomic E-state index is 0.102. The highest BCUT2D eigenvalue weighted by atomic mass is 16.5. The molecule has 1 aromatic carbocycles. The molecule has 0 heterocycles. The van der Waals surface area contributed by atoms with Gasteiger partial charge in [-0.2, -0.15) is 0 Å². The summed E-state index contributed by atoms with van der Waals surface area (Å²) in [7, 11) is 0.549. The van der Waals surface area contributed by atoms with Gasteiger partial charge in [0.15, 0.2) is 5.81 Å². The molecule has 0 aliphatic carbocycles. The molecule has 1 atom stereocenters. The fraction of sp³-hybridized carbons (Fsp3) is 0.333. The summed E-state index contributed by atoms with van der Waals surface area (Å²) in [5.74, 6) is -0.878. The topological polar surface area (TPSA) is 87.7 Å². The largest absolute Gasteiger partial charge is 0.459 e. The van der Waals surface area contributed by atoms with Gasteiger partial charge in [-0.3, -0.25) is 4.79 Å². The number of ether oxygens (including phenoxy) is 1. The standard InChI is InChI=1S/C12H18B2N2O4/c1-14(19)15-7-10(16-12(13)18)11(17)20-8-9-5-3-2-4-6-9/h2-6,10,15,19H,7-8,13H2,1H3,(H,16,18)/t10-/m1/s1. The summed E-state index contributed by atoms with van der Waals surface area (Å²) in [5, 5.41) is 14.3. The first kappa shape index (κ1) is 16.3. The lowest BCUT2D eigenvalue weighted by atomic mass is 9.88. The normalized spacial score (nSPS) is 11.5. The van der Waals surface area contributed by atoms with Crippen LogP contribution in [0.25, 0.3) is 0 Å². The van der Waals surface area contributed by atoms with Crippen LogP contribution < -0.4 is 10.5 Å². The highest BCUT2D eigenvalue weighted by Gasteiger charge is 2.21. The Morgan fingerprint density at radius 3 is 2.60 bits per heavy atom. The Hall–Kier alpha value is -1.79. The molecule has 1 aromatic rings. The summed E-state index contributed by atoms with van der Waals surface area (Å²) in [5.41, 5.74) is 0.867. The van der Waals surface area contributed by atoms with Gasteiger partial charge >= 0.3 is 13.0 Å². The van der Waals surface area contributed by atoms with Crippen molar-refractivity contribution in [1.29, 1.82) is 0 Å². The van der Waals surface area contributed by atoms with Crippen molar-refractivity contribution in [2.24, 2.45) is 0 Å². The number of carbonyl (C=O) groups excluding carboxylic acids is 2. The van der Waals surface area contributed by atoms with Gasteiger partial charge in [0.05, 0.1) is 0 Å². The van der Waals surface area contributed by atoms with E-state index in [0.717, 1.165) is 5.56 Å². The van der Waals surface area contributed by atoms with Gasteiger partial charge in [-0.15, -0.1) is 0 Å². The third-order valence-corrected chi connectivity index (χ3v) is 2.50. The van der Waals surface area contributed by atoms with Gasteiger partial charge < -0.3 is 20.3 Å². The summed E-state index contributed by atoms with van der Waals surface area (Å²) in [6, 6.07) is 8.43. The molecule has 0 saturated heterocycles. The quantitative estimate of drug-likeness (QED) is 0.445. The van der Waals surface area contributed by atoms with Crippen molar-refractivity contribution in [3.05, 3.63) is 35.9 Å². The van der Waals surface area contributed by atoms with Gasteiger partial charge in [-0.05, 0) is 12.4 Å². The van der Waals surface area contributed by atoms with Crippen molar-refractivity contribution in [2.75, 3.05) is 6.54 Å². The van der Waals surface area contributed by atoms with E-state index in [1.807, 2.05) is 30.3 Å². The van der Waals surface area contributed by atoms with Crippen molar-refractivity contribution in [3.63, 3.8) is 0 Å². The molecule has 0 radical (unpaired) electrons. The average Bonchev–Trinajstić information content (AvgIpc) is 2.41. The van der Waals surface area contributed by atoms with Crippen LogP contribution in [0, 0.1) is 0 Å². The molecule has 1 amide bonds. The predicted molar refractivity (Wildman–Crippen MR) is 78.9 cm³/mol. The number of carbonyl (C=O) groups is 2. The number of hydrogen-bond donors (Lipinski definition) is 3. The maximum Gasteiger partial charge on any atom is 0.373 e. The second-order valence-corrected chi connectivity index (χ2v) is 4.43. The maximum atomic E-state index is 11.9. The van der Waals surface area contributed by atoms with Crippen LogP contribution in [-0.4, -0.2) is 44.3 Å². The number of amides is 1. The van der Waals surface area contributed by atoms with E-state index in [4.69, 9.17) is 9.76 Å². The lowest BCUT2D eigenvalue weighted by molar-refractivity contribution is -0.146. The molecule has 106 valence electrons. The Balaban J connectivity index is 2.51. The summed E-state index contributed by atoms with van der Waals surface area (Å²) in [6.45, 7) is 1.77. The molecule has 6 nitrogen and oxygen atoms in total. The fourth-order valence-electron chi connectivity index (χ4n) is 1.56. The fourth-order valence-corrected chi connectivity index (χ4v) is 1.56. The Morgan fingerprint density at radius 2 is 2.05 bits per heavy atom. The number of nitrogens with one attached hydrogen (secondary N) is 2. The molecule has 0 aromatic heterocycles. The van der Waals surface area contributed by atoms with Crippen molar-refractivity contribution in [1.82, 2.24) is 10.5 Å². The number of benzene rings is 1. The molecule has 0 aliphatic heterocycles. The zero-order chi connectivity index (χ0) is 15.0. The van der Waals surface area contributed by atoms with E-state index < -0.39 is 19.1 Å². The van der Waals surface area contributed by atoms with Crippen LogP contribution in [0.15, 0.2) is 30.3 Å². The SMILES string of the molecule is BC(=O)N[C@H](CNB(C)O)C(=O)OCc1ccccc1. The third-order valence-electron chi connectivity index (χ3n) is 2.50. The van der Waals surface area contributed by atoms with E-state index in [-0.39, 0.29) is 19.0 Å². The molecular formula is C12H18B2N2O4. The first-order valence-corrected chi connectivity index (χ1v) is 6.38. The van der Waals surface area contributed by atoms with Crippen LogP contribution in [0.2, 0.25) is 6.82 Å². The maximum absolute atomic E-state index is 11.9. The second-order valence-electron chi connectivity index (χ2n) is 4.43. The Morgan fingerprint density at radius 1 is 1.40 bits per heavy atom. The predicted octanol–water partition coefficient (Wildman–Crippen LogP) is -0.859. The van der Waals surface area contributed by atoms with E-state index in [1.165, 1.54) is 14.7 Å². The van der Waals surface area contributed by atoms with Gasteiger partial charge in [0.2, 0.25) is 7.85 Å². The van der Waals surface area contributed by atoms with E-state index in [9.17, 15) is 9.59 Å². The summed E-state index contributed by atoms with van der Waals surface area (Å²) in [4.78, 5) is 23.0. The molecular weight excluding hydrogens is 258 g/mol. The lowest BCUT2D eigenvalue weighted by Gasteiger charge is -2.18. The Labute approximate surface area is 119 Å². The lowest BCUT2D eigenvalue weighted by Crippen LogP contribution is -2.50. The Bertz CT molecular complexity index is 442. The number of esters is 1. The molecule has 0 spiro atoms. The minimum Gasteiger partial charge on any atom is -0.459 e. The zero-order valence-corrected chi connectivity index (χ0v) is 11.6. The van der Waals surface area contributed by atoms with Crippen molar-refractivity contribution >= 4 is 26.7 Å². The molecule has 20 heavy (non-hydrogen) atoms. The highest BCUT2D eigenvalue weighted by molar-refractivity contribution is 6.57. The molecule has 0 fully saturated rings. The summed E-state index contributed by atoms with van der Waals surface area (Å²) < 4.78 is 5.15. The molecule has 0 saturated carbocycles. The van der Waals surface area contributed by atoms with Gasteiger partial charge in [0.25, 0.3) is 0 Å². The molecule has 0 bridgehead atoms. The molecule has 3 N–H and O–H groups in total. The van der Waals surface area contributed by atoms with Crippen molar-refractivity contribution < 1.29 is 19.3 Å². The van der Waals surface area contributed by atoms with Crippen molar-refractivity contribution in [2.45, 2.75) is 19.5 Å². The van der Waals surface area contributed by atoms with E-state index >= 15 is 0 Å². The van der Waals surface area contributed by atoms with Crippen LogP contribution >= 0.6 is 0 Å².